The Morgan fingerprint density at radius 1 is 1.44 bits per heavy atom. The number of fused-ring (bicyclic) bond motifs is 1. The average molecular weight is 229 g/mol. The standard InChI is InChI=1S/C12H17F2NO/c13-10(14)3-9-4-12(8-16)6-11(1-2-11)7-15(12)5-9/h3,9,16H,1-2,4-8H2. The molecule has 2 aliphatic heterocycles. The summed E-state index contributed by atoms with van der Waals surface area (Å²) < 4.78 is 24.5. The first kappa shape index (κ1) is 10.7. The van der Waals surface area contributed by atoms with Crippen molar-refractivity contribution >= 4 is 0 Å². The van der Waals surface area contributed by atoms with Crippen LogP contribution >= 0.6 is 0 Å². The zero-order valence-electron chi connectivity index (χ0n) is 9.25. The number of hydrogen-bond acceptors (Lipinski definition) is 2. The Hall–Kier alpha value is -0.480. The Morgan fingerprint density at radius 2 is 2.19 bits per heavy atom. The van der Waals surface area contributed by atoms with Crippen LogP contribution in [0.5, 0.6) is 0 Å². The van der Waals surface area contributed by atoms with Crippen LogP contribution < -0.4 is 0 Å². The first-order chi connectivity index (χ1) is 7.57. The van der Waals surface area contributed by atoms with Gasteiger partial charge >= 0.3 is 0 Å². The van der Waals surface area contributed by atoms with E-state index < -0.39 is 6.08 Å². The third-order valence-corrected chi connectivity index (χ3v) is 4.61. The fraction of sp³-hybridized carbons (Fsp3) is 0.833. The van der Waals surface area contributed by atoms with Gasteiger partial charge in [0.2, 0.25) is 0 Å². The summed E-state index contributed by atoms with van der Waals surface area (Å²) >= 11 is 0. The lowest BCUT2D eigenvalue weighted by Crippen LogP contribution is -2.41. The summed E-state index contributed by atoms with van der Waals surface area (Å²) in [6, 6.07) is 0. The van der Waals surface area contributed by atoms with Crippen molar-refractivity contribution in [2.24, 2.45) is 11.3 Å². The largest absolute Gasteiger partial charge is 0.394 e. The summed E-state index contributed by atoms with van der Waals surface area (Å²) in [6.45, 7) is 1.82. The van der Waals surface area contributed by atoms with Crippen molar-refractivity contribution in [3.05, 3.63) is 12.2 Å². The number of aliphatic hydroxyl groups is 1. The summed E-state index contributed by atoms with van der Waals surface area (Å²) in [6.07, 6.45) is 3.69. The van der Waals surface area contributed by atoms with Gasteiger partial charge in [-0.1, -0.05) is 0 Å². The molecule has 3 aliphatic rings. The second-order valence-electron chi connectivity index (χ2n) is 5.86. The Morgan fingerprint density at radius 3 is 2.69 bits per heavy atom. The smallest absolute Gasteiger partial charge is 0.266 e. The van der Waals surface area contributed by atoms with Crippen LogP contribution in [0.1, 0.15) is 25.7 Å². The monoisotopic (exact) mass is 229 g/mol. The van der Waals surface area contributed by atoms with Crippen molar-refractivity contribution in [1.29, 1.82) is 0 Å². The van der Waals surface area contributed by atoms with E-state index in [0.717, 1.165) is 19.0 Å². The second-order valence-corrected chi connectivity index (χ2v) is 5.86. The SMILES string of the molecule is OCC12CC(C=C(F)F)CN1CC1(CC1)C2. The molecule has 1 N–H and O–H groups in total. The van der Waals surface area contributed by atoms with Gasteiger partial charge in [-0.15, -0.1) is 0 Å². The van der Waals surface area contributed by atoms with E-state index in [9.17, 15) is 13.9 Å². The average Bonchev–Trinajstić information content (AvgIpc) is 2.74. The van der Waals surface area contributed by atoms with Gasteiger partial charge in [0.15, 0.2) is 0 Å². The zero-order valence-corrected chi connectivity index (χ0v) is 9.25. The minimum absolute atomic E-state index is 0.0757. The van der Waals surface area contributed by atoms with E-state index in [1.54, 1.807) is 0 Å². The zero-order chi connectivity index (χ0) is 11.4. The van der Waals surface area contributed by atoms with E-state index >= 15 is 0 Å². The lowest BCUT2D eigenvalue weighted by molar-refractivity contribution is 0.0996. The lowest BCUT2D eigenvalue weighted by atomic mass is 9.86. The third kappa shape index (κ3) is 1.51. The topological polar surface area (TPSA) is 23.5 Å². The fourth-order valence-corrected chi connectivity index (χ4v) is 3.76. The van der Waals surface area contributed by atoms with Crippen molar-refractivity contribution in [3.8, 4) is 0 Å². The Balaban J connectivity index is 1.78. The van der Waals surface area contributed by atoms with Gasteiger partial charge in [0.05, 0.1) is 6.61 Å². The predicted molar refractivity (Wildman–Crippen MR) is 56.1 cm³/mol. The maximum absolute atomic E-state index is 12.2. The van der Waals surface area contributed by atoms with E-state index in [1.807, 2.05) is 0 Å². The maximum atomic E-state index is 12.2. The molecule has 0 bridgehead atoms. The molecule has 0 aromatic heterocycles. The molecule has 3 fully saturated rings. The number of hydrogen-bond donors (Lipinski definition) is 1. The van der Waals surface area contributed by atoms with Crippen LogP contribution in [-0.4, -0.2) is 35.2 Å². The Labute approximate surface area is 93.9 Å². The first-order valence-corrected chi connectivity index (χ1v) is 5.96. The molecule has 1 spiro atoms. The van der Waals surface area contributed by atoms with Gasteiger partial charge in [-0.05, 0) is 43.1 Å². The van der Waals surface area contributed by atoms with E-state index in [2.05, 4.69) is 4.90 Å². The van der Waals surface area contributed by atoms with Crippen LogP contribution in [-0.2, 0) is 0 Å². The quantitative estimate of drug-likeness (QED) is 0.783. The number of nitrogens with zero attached hydrogens (tertiary/aromatic N) is 1. The van der Waals surface area contributed by atoms with Crippen LogP contribution in [0.2, 0.25) is 0 Å². The van der Waals surface area contributed by atoms with Crippen LogP contribution in [0.15, 0.2) is 12.2 Å². The highest BCUT2D eigenvalue weighted by molar-refractivity contribution is 5.17. The molecule has 2 atom stereocenters. The molecule has 2 nitrogen and oxygen atoms in total. The molecular formula is C12H17F2NO. The van der Waals surface area contributed by atoms with Gasteiger partial charge in [-0.3, -0.25) is 4.90 Å². The lowest BCUT2D eigenvalue weighted by Gasteiger charge is -2.29. The van der Waals surface area contributed by atoms with Gasteiger partial charge in [-0.25, -0.2) is 0 Å². The molecule has 0 aromatic carbocycles. The van der Waals surface area contributed by atoms with Crippen molar-refractivity contribution < 1.29 is 13.9 Å². The van der Waals surface area contributed by atoms with Gasteiger partial charge in [0.1, 0.15) is 0 Å². The van der Waals surface area contributed by atoms with Gasteiger partial charge in [0, 0.05) is 18.6 Å². The molecule has 90 valence electrons. The van der Waals surface area contributed by atoms with Crippen LogP contribution in [0.4, 0.5) is 8.78 Å². The molecule has 1 aliphatic carbocycles. The minimum atomic E-state index is -1.58. The van der Waals surface area contributed by atoms with E-state index in [-0.39, 0.29) is 18.1 Å². The number of halogens is 2. The molecule has 16 heavy (non-hydrogen) atoms. The normalized spacial score (nSPS) is 40.1. The van der Waals surface area contributed by atoms with Crippen LogP contribution in [0.3, 0.4) is 0 Å². The van der Waals surface area contributed by atoms with Crippen molar-refractivity contribution in [2.75, 3.05) is 19.7 Å². The molecular weight excluding hydrogens is 212 g/mol. The molecule has 3 rings (SSSR count). The maximum Gasteiger partial charge on any atom is 0.266 e. The molecule has 0 aromatic rings. The summed E-state index contributed by atoms with van der Waals surface area (Å²) in [5, 5.41) is 9.59. The van der Waals surface area contributed by atoms with E-state index in [0.29, 0.717) is 18.4 Å². The molecule has 4 heteroatoms. The molecule has 2 saturated heterocycles. The summed E-state index contributed by atoms with van der Waals surface area (Å²) in [5.74, 6) is -0.0757. The highest BCUT2D eigenvalue weighted by Gasteiger charge is 2.61. The van der Waals surface area contributed by atoms with Gasteiger partial charge in [0.25, 0.3) is 6.08 Å². The highest BCUT2D eigenvalue weighted by Crippen LogP contribution is 2.61. The molecule has 0 radical (unpaired) electrons. The summed E-state index contributed by atoms with van der Waals surface area (Å²) in [4.78, 5) is 2.25. The second kappa shape index (κ2) is 3.26. The Kier molecular flexibility index (Phi) is 2.17. The van der Waals surface area contributed by atoms with E-state index in [1.165, 1.54) is 12.8 Å². The molecule has 1 saturated carbocycles. The van der Waals surface area contributed by atoms with Crippen LogP contribution in [0.25, 0.3) is 0 Å². The molecule has 0 amide bonds. The third-order valence-electron chi connectivity index (χ3n) is 4.61. The number of rotatable bonds is 2. The predicted octanol–water partition coefficient (Wildman–Crippen LogP) is 2.00. The van der Waals surface area contributed by atoms with Gasteiger partial charge in [-0.2, -0.15) is 8.78 Å². The van der Waals surface area contributed by atoms with Gasteiger partial charge < -0.3 is 5.11 Å². The first-order valence-electron chi connectivity index (χ1n) is 5.96. The van der Waals surface area contributed by atoms with Crippen molar-refractivity contribution in [3.63, 3.8) is 0 Å². The fourth-order valence-electron chi connectivity index (χ4n) is 3.76. The van der Waals surface area contributed by atoms with Crippen LogP contribution in [0, 0.1) is 11.3 Å². The Bertz CT molecular complexity index is 336. The summed E-state index contributed by atoms with van der Waals surface area (Å²) in [5.41, 5.74) is 0.249. The van der Waals surface area contributed by atoms with Crippen molar-refractivity contribution in [2.45, 2.75) is 31.2 Å². The summed E-state index contributed by atoms with van der Waals surface area (Å²) in [7, 11) is 0. The van der Waals surface area contributed by atoms with E-state index in [4.69, 9.17) is 0 Å². The minimum Gasteiger partial charge on any atom is -0.394 e. The van der Waals surface area contributed by atoms with Crippen molar-refractivity contribution in [1.82, 2.24) is 4.90 Å². The molecule has 2 unspecified atom stereocenters. The molecule has 2 heterocycles. The highest BCUT2D eigenvalue weighted by atomic mass is 19.3. The number of aliphatic hydroxyl groups excluding tert-OH is 1.